The molecule has 5 nitrogen and oxygen atoms in total. The standard InChI is InChI=1S/C18H21FN2O3S/c1-5-13-8-6-7-12(2)17(13)20-18(22)14-9-10-15(19)16(11-14)25(23,24)21(3)4/h6-11H,5H2,1-4H3,(H,20,22). The molecule has 0 bridgehead atoms. The monoisotopic (exact) mass is 364 g/mol. The maximum atomic E-state index is 14.0. The van der Waals surface area contributed by atoms with Crippen LogP contribution in [0.5, 0.6) is 0 Å². The van der Waals surface area contributed by atoms with Gasteiger partial charge in [-0.3, -0.25) is 4.79 Å². The topological polar surface area (TPSA) is 66.5 Å². The summed E-state index contributed by atoms with van der Waals surface area (Å²) in [5.41, 5.74) is 2.64. The van der Waals surface area contributed by atoms with E-state index in [1.807, 2.05) is 32.0 Å². The normalized spacial score (nSPS) is 11.6. The molecule has 0 heterocycles. The molecule has 0 radical (unpaired) electrons. The molecule has 1 N–H and O–H groups in total. The maximum Gasteiger partial charge on any atom is 0.255 e. The molecule has 0 saturated carbocycles. The highest BCUT2D eigenvalue weighted by molar-refractivity contribution is 7.89. The summed E-state index contributed by atoms with van der Waals surface area (Å²) in [5.74, 6) is -1.38. The number of aryl methyl sites for hydroxylation is 2. The van der Waals surface area contributed by atoms with Gasteiger partial charge in [0.25, 0.3) is 5.91 Å². The van der Waals surface area contributed by atoms with E-state index >= 15 is 0 Å². The number of benzene rings is 2. The van der Waals surface area contributed by atoms with Crippen molar-refractivity contribution in [2.75, 3.05) is 19.4 Å². The molecular weight excluding hydrogens is 343 g/mol. The van der Waals surface area contributed by atoms with Gasteiger partial charge in [-0.15, -0.1) is 0 Å². The lowest BCUT2D eigenvalue weighted by Crippen LogP contribution is -2.24. The van der Waals surface area contributed by atoms with Crippen LogP contribution >= 0.6 is 0 Å². The lowest BCUT2D eigenvalue weighted by Gasteiger charge is -2.15. The number of amides is 1. The SMILES string of the molecule is CCc1cccc(C)c1NC(=O)c1ccc(F)c(S(=O)(=O)N(C)C)c1. The van der Waals surface area contributed by atoms with E-state index in [1.165, 1.54) is 20.2 Å². The molecule has 0 aliphatic carbocycles. The van der Waals surface area contributed by atoms with Gasteiger partial charge in [-0.2, -0.15) is 0 Å². The van der Waals surface area contributed by atoms with Crippen LogP contribution in [0.2, 0.25) is 0 Å². The van der Waals surface area contributed by atoms with Gasteiger partial charge in [0.05, 0.1) is 0 Å². The summed E-state index contributed by atoms with van der Waals surface area (Å²) >= 11 is 0. The molecule has 1 amide bonds. The fraction of sp³-hybridized carbons (Fsp3) is 0.278. The molecule has 2 aromatic carbocycles. The first-order valence-corrected chi connectivity index (χ1v) is 9.24. The van der Waals surface area contributed by atoms with Crippen molar-refractivity contribution in [1.82, 2.24) is 4.31 Å². The summed E-state index contributed by atoms with van der Waals surface area (Å²) in [6, 6.07) is 9.01. The average Bonchev–Trinajstić information content (AvgIpc) is 2.56. The predicted molar refractivity (Wildman–Crippen MR) is 95.8 cm³/mol. The van der Waals surface area contributed by atoms with E-state index in [1.54, 1.807) is 0 Å². The van der Waals surface area contributed by atoms with E-state index in [0.29, 0.717) is 5.69 Å². The molecular formula is C18H21FN2O3S. The molecule has 0 aromatic heterocycles. The van der Waals surface area contributed by atoms with Crippen molar-refractivity contribution in [1.29, 1.82) is 0 Å². The van der Waals surface area contributed by atoms with Gasteiger partial charge in [-0.05, 0) is 42.7 Å². The Bertz CT molecular complexity index is 909. The van der Waals surface area contributed by atoms with Crippen molar-refractivity contribution >= 4 is 21.6 Å². The number of sulfonamides is 1. The van der Waals surface area contributed by atoms with Crippen molar-refractivity contribution in [3.8, 4) is 0 Å². The third-order valence-corrected chi connectivity index (χ3v) is 5.76. The summed E-state index contributed by atoms with van der Waals surface area (Å²) in [7, 11) is -1.36. The smallest absolute Gasteiger partial charge is 0.255 e. The number of nitrogens with zero attached hydrogens (tertiary/aromatic N) is 1. The van der Waals surface area contributed by atoms with Gasteiger partial charge in [0, 0.05) is 25.3 Å². The van der Waals surface area contributed by atoms with Crippen LogP contribution in [0.4, 0.5) is 10.1 Å². The van der Waals surface area contributed by atoms with Crippen molar-refractivity contribution in [2.45, 2.75) is 25.2 Å². The molecule has 134 valence electrons. The Hall–Kier alpha value is -2.25. The van der Waals surface area contributed by atoms with E-state index in [0.717, 1.165) is 34.0 Å². The van der Waals surface area contributed by atoms with Crippen molar-refractivity contribution < 1.29 is 17.6 Å². The summed E-state index contributed by atoms with van der Waals surface area (Å²) in [6.45, 7) is 3.85. The third-order valence-electron chi connectivity index (χ3n) is 3.93. The number of rotatable bonds is 5. The quantitative estimate of drug-likeness (QED) is 0.886. The molecule has 2 aromatic rings. The Kier molecular flexibility index (Phi) is 5.59. The minimum absolute atomic E-state index is 0.0760. The fourth-order valence-electron chi connectivity index (χ4n) is 2.43. The van der Waals surface area contributed by atoms with E-state index in [9.17, 15) is 17.6 Å². The van der Waals surface area contributed by atoms with Crippen LogP contribution in [0.25, 0.3) is 0 Å². The Morgan fingerprint density at radius 1 is 1.20 bits per heavy atom. The van der Waals surface area contributed by atoms with Crippen LogP contribution in [0.15, 0.2) is 41.3 Å². The van der Waals surface area contributed by atoms with Gasteiger partial charge in [0.2, 0.25) is 10.0 Å². The largest absolute Gasteiger partial charge is 0.321 e. The van der Waals surface area contributed by atoms with Crippen LogP contribution in [-0.2, 0) is 16.4 Å². The Balaban J connectivity index is 2.42. The number of anilines is 1. The average molecular weight is 364 g/mol. The van der Waals surface area contributed by atoms with E-state index in [2.05, 4.69) is 5.32 Å². The fourth-order valence-corrected chi connectivity index (χ4v) is 3.41. The van der Waals surface area contributed by atoms with Crippen molar-refractivity contribution in [3.05, 3.63) is 58.9 Å². The minimum Gasteiger partial charge on any atom is -0.321 e. The summed E-state index contributed by atoms with van der Waals surface area (Å²) in [4.78, 5) is 12.0. The first-order chi connectivity index (χ1) is 11.7. The highest BCUT2D eigenvalue weighted by Crippen LogP contribution is 2.23. The zero-order chi connectivity index (χ0) is 18.8. The predicted octanol–water partition coefficient (Wildman–Crippen LogP) is 3.20. The van der Waals surface area contributed by atoms with Gasteiger partial charge in [0.1, 0.15) is 10.7 Å². The number of halogens is 1. The Labute approximate surface area is 147 Å². The second kappa shape index (κ2) is 7.33. The molecule has 2 rings (SSSR count). The Morgan fingerprint density at radius 3 is 2.48 bits per heavy atom. The first-order valence-electron chi connectivity index (χ1n) is 7.80. The number of nitrogens with one attached hydrogen (secondary N) is 1. The molecule has 0 spiro atoms. The second-order valence-corrected chi connectivity index (χ2v) is 7.97. The third kappa shape index (κ3) is 3.88. The van der Waals surface area contributed by atoms with E-state index in [-0.39, 0.29) is 5.56 Å². The second-order valence-electron chi connectivity index (χ2n) is 5.85. The molecule has 0 aliphatic heterocycles. The number of carbonyl (C=O) groups is 1. The maximum absolute atomic E-state index is 14.0. The zero-order valence-electron chi connectivity index (χ0n) is 14.6. The highest BCUT2D eigenvalue weighted by Gasteiger charge is 2.23. The molecule has 25 heavy (non-hydrogen) atoms. The summed E-state index contributed by atoms with van der Waals surface area (Å²) in [6.07, 6.45) is 0.737. The van der Waals surface area contributed by atoms with Crippen LogP contribution in [-0.4, -0.2) is 32.7 Å². The Morgan fingerprint density at radius 2 is 1.88 bits per heavy atom. The lowest BCUT2D eigenvalue weighted by molar-refractivity contribution is 0.102. The molecule has 0 aliphatic rings. The lowest BCUT2D eigenvalue weighted by atomic mass is 10.1. The molecule has 0 unspecified atom stereocenters. The zero-order valence-corrected chi connectivity index (χ0v) is 15.4. The molecule has 0 atom stereocenters. The van der Waals surface area contributed by atoms with Gasteiger partial charge in [-0.1, -0.05) is 25.1 Å². The van der Waals surface area contributed by atoms with E-state index < -0.39 is 26.6 Å². The van der Waals surface area contributed by atoms with Crippen molar-refractivity contribution in [2.24, 2.45) is 0 Å². The van der Waals surface area contributed by atoms with E-state index in [4.69, 9.17) is 0 Å². The number of hydrogen-bond acceptors (Lipinski definition) is 3. The molecule has 0 saturated heterocycles. The number of hydrogen-bond donors (Lipinski definition) is 1. The minimum atomic E-state index is -3.98. The van der Waals surface area contributed by atoms with Crippen LogP contribution in [0, 0.1) is 12.7 Å². The van der Waals surface area contributed by atoms with Crippen LogP contribution in [0.3, 0.4) is 0 Å². The van der Waals surface area contributed by atoms with Crippen LogP contribution in [0.1, 0.15) is 28.4 Å². The van der Waals surface area contributed by atoms with Gasteiger partial charge in [0.15, 0.2) is 0 Å². The van der Waals surface area contributed by atoms with Gasteiger partial charge >= 0.3 is 0 Å². The van der Waals surface area contributed by atoms with Crippen LogP contribution < -0.4 is 5.32 Å². The number of carbonyl (C=O) groups excluding carboxylic acids is 1. The first kappa shape index (κ1) is 19.1. The van der Waals surface area contributed by atoms with Gasteiger partial charge in [-0.25, -0.2) is 17.1 Å². The highest BCUT2D eigenvalue weighted by atomic mass is 32.2. The summed E-state index contributed by atoms with van der Waals surface area (Å²) in [5, 5.41) is 2.80. The van der Waals surface area contributed by atoms with Crippen molar-refractivity contribution in [3.63, 3.8) is 0 Å². The molecule has 0 fully saturated rings. The van der Waals surface area contributed by atoms with Gasteiger partial charge < -0.3 is 5.32 Å². The molecule has 7 heteroatoms. The number of para-hydroxylation sites is 1. The summed E-state index contributed by atoms with van der Waals surface area (Å²) < 4.78 is 39.3.